The summed E-state index contributed by atoms with van der Waals surface area (Å²) in [5.74, 6) is 1.18. The third-order valence-electron chi connectivity index (χ3n) is 2.36. The van der Waals surface area contributed by atoms with Crippen molar-refractivity contribution in [1.29, 1.82) is 0 Å². The molecular formula is C10H9N5. The van der Waals surface area contributed by atoms with Gasteiger partial charge in [0, 0.05) is 12.4 Å². The third kappa shape index (κ3) is 1.06. The van der Waals surface area contributed by atoms with Gasteiger partial charge in [0.2, 0.25) is 0 Å². The number of anilines is 1. The maximum atomic E-state index is 5.83. The monoisotopic (exact) mass is 199 g/mol. The van der Waals surface area contributed by atoms with E-state index in [1.165, 1.54) is 0 Å². The lowest BCUT2D eigenvalue weighted by molar-refractivity contribution is 1.06. The maximum Gasteiger partial charge on any atom is 0.151 e. The molecule has 15 heavy (non-hydrogen) atoms. The van der Waals surface area contributed by atoms with Gasteiger partial charge in [-0.25, -0.2) is 15.0 Å². The van der Waals surface area contributed by atoms with Crippen LogP contribution >= 0.6 is 0 Å². The lowest BCUT2D eigenvalue weighted by Crippen LogP contribution is -2.00. The topological polar surface area (TPSA) is 69.1 Å². The largest absolute Gasteiger partial charge is 0.383 e. The van der Waals surface area contributed by atoms with Crippen molar-refractivity contribution in [2.24, 2.45) is 0 Å². The molecule has 3 aromatic rings. The van der Waals surface area contributed by atoms with E-state index in [1.807, 2.05) is 29.7 Å². The highest BCUT2D eigenvalue weighted by Crippen LogP contribution is 2.18. The Morgan fingerprint density at radius 2 is 2.13 bits per heavy atom. The number of nitrogens with two attached hydrogens (primary N) is 1. The van der Waals surface area contributed by atoms with Crippen LogP contribution in [-0.2, 0) is 0 Å². The van der Waals surface area contributed by atoms with Crippen molar-refractivity contribution in [3.05, 3.63) is 30.4 Å². The van der Waals surface area contributed by atoms with Crippen LogP contribution in [0.15, 0.2) is 24.5 Å². The van der Waals surface area contributed by atoms with Gasteiger partial charge in [-0.3, -0.25) is 4.40 Å². The molecule has 0 unspecified atom stereocenters. The fourth-order valence-corrected chi connectivity index (χ4v) is 1.71. The number of fused-ring (bicyclic) bond motifs is 3. The van der Waals surface area contributed by atoms with E-state index in [-0.39, 0.29) is 0 Å². The van der Waals surface area contributed by atoms with Crippen LogP contribution in [0.2, 0.25) is 0 Å². The molecule has 5 heteroatoms. The van der Waals surface area contributed by atoms with E-state index < -0.39 is 0 Å². The van der Waals surface area contributed by atoms with Crippen molar-refractivity contribution in [2.75, 3.05) is 5.73 Å². The molecule has 0 saturated carbocycles. The Kier molecular flexibility index (Phi) is 1.45. The van der Waals surface area contributed by atoms with Gasteiger partial charge in [-0.15, -0.1) is 0 Å². The molecule has 3 rings (SSSR count). The SMILES string of the molecule is Cc1nc(N)c2ccc3nccn3c2n1. The smallest absolute Gasteiger partial charge is 0.151 e. The first kappa shape index (κ1) is 8.16. The summed E-state index contributed by atoms with van der Waals surface area (Å²) in [6.07, 6.45) is 3.60. The van der Waals surface area contributed by atoms with E-state index in [4.69, 9.17) is 5.73 Å². The van der Waals surface area contributed by atoms with Crippen LogP contribution < -0.4 is 5.73 Å². The zero-order chi connectivity index (χ0) is 10.4. The minimum atomic E-state index is 0.508. The van der Waals surface area contributed by atoms with Gasteiger partial charge in [-0.05, 0) is 19.1 Å². The number of imidazole rings is 1. The fourth-order valence-electron chi connectivity index (χ4n) is 1.71. The Labute approximate surface area is 85.6 Å². The van der Waals surface area contributed by atoms with Gasteiger partial charge >= 0.3 is 0 Å². The lowest BCUT2D eigenvalue weighted by atomic mass is 10.3. The Hall–Kier alpha value is -2.17. The number of aromatic nitrogens is 4. The number of pyridine rings is 1. The summed E-state index contributed by atoms with van der Waals surface area (Å²) in [7, 11) is 0. The Morgan fingerprint density at radius 3 is 3.00 bits per heavy atom. The first-order valence-corrected chi connectivity index (χ1v) is 4.61. The molecule has 5 nitrogen and oxygen atoms in total. The molecule has 0 aliphatic carbocycles. The average Bonchev–Trinajstić information content (AvgIpc) is 2.65. The molecule has 0 spiro atoms. The summed E-state index contributed by atoms with van der Waals surface area (Å²) in [6.45, 7) is 1.82. The number of hydrogen-bond acceptors (Lipinski definition) is 4. The van der Waals surface area contributed by atoms with Gasteiger partial charge in [-0.1, -0.05) is 0 Å². The number of rotatable bonds is 0. The zero-order valence-electron chi connectivity index (χ0n) is 8.18. The van der Waals surface area contributed by atoms with E-state index >= 15 is 0 Å². The molecule has 0 bridgehead atoms. The fraction of sp³-hybridized carbons (Fsp3) is 0.100. The molecule has 74 valence electrons. The summed E-state index contributed by atoms with van der Waals surface area (Å²) >= 11 is 0. The van der Waals surface area contributed by atoms with Crippen LogP contribution in [0, 0.1) is 6.92 Å². The molecule has 2 N–H and O–H groups in total. The van der Waals surface area contributed by atoms with Gasteiger partial charge < -0.3 is 5.73 Å². The van der Waals surface area contributed by atoms with E-state index in [1.54, 1.807) is 6.20 Å². The number of hydrogen-bond donors (Lipinski definition) is 1. The van der Waals surface area contributed by atoms with Gasteiger partial charge in [0.15, 0.2) is 5.65 Å². The second-order valence-corrected chi connectivity index (χ2v) is 3.38. The van der Waals surface area contributed by atoms with Crippen LogP contribution in [-0.4, -0.2) is 19.4 Å². The van der Waals surface area contributed by atoms with E-state index in [9.17, 15) is 0 Å². The third-order valence-corrected chi connectivity index (χ3v) is 2.36. The Morgan fingerprint density at radius 1 is 1.27 bits per heavy atom. The van der Waals surface area contributed by atoms with Crippen molar-refractivity contribution >= 4 is 22.5 Å². The van der Waals surface area contributed by atoms with Crippen LogP contribution in [0.1, 0.15) is 5.82 Å². The summed E-state index contributed by atoms with van der Waals surface area (Å²) < 4.78 is 1.90. The van der Waals surface area contributed by atoms with E-state index in [2.05, 4.69) is 15.0 Å². The molecule has 3 aromatic heterocycles. The van der Waals surface area contributed by atoms with Gasteiger partial charge in [0.1, 0.15) is 17.3 Å². The quantitative estimate of drug-likeness (QED) is 0.590. The standard InChI is InChI=1S/C10H9N5/c1-6-13-9(11)7-2-3-8-12-4-5-15(8)10(7)14-6/h2-5H,1H3,(H2,11,13,14). The summed E-state index contributed by atoms with van der Waals surface area (Å²) in [4.78, 5) is 12.7. The summed E-state index contributed by atoms with van der Waals surface area (Å²) in [6, 6.07) is 3.80. The first-order valence-electron chi connectivity index (χ1n) is 4.61. The van der Waals surface area contributed by atoms with Crippen molar-refractivity contribution in [2.45, 2.75) is 6.92 Å². The normalized spacial score (nSPS) is 11.3. The molecule has 0 saturated heterocycles. The van der Waals surface area contributed by atoms with Crippen LogP contribution in [0.3, 0.4) is 0 Å². The highest BCUT2D eigenvalue weighted by Gasteiger charge is 2.06. The molecule has 0 radical (unpaired) electrons. The molecular weight excluding hydrogens is 190 g/mol. The van der Waals surface area contributed by atoms with Gasteiger partial charge in [-0.2, -0.15) is 0 Å². The maximum absolute atomic E-state index is 5.83. The van der Waals surface area contributed by atoms with E-state index in [0.717, 1.165) is 16.7 Å². The van der Waals surface area contributed by atoms with E-state index in [0.29, 0.717) is 11.6 Å². The molecule has 0 atom stereocenters. The predicted octanol–water partition coefficient (Wildman–Crippen LogP) is 1.17. The Bertz CT molecular complexity index is 655. The molecule has 0 aliphatic heterocycles. The minimum Gasteiger partial charge on any atom is -0.383 e. The number of aryl methyl sites for hydroxylation is 1. The minimum absolute atomic E-state index is 0.508. The zero-order valence-corrected chi connectivity index (χ0v) is 8.18. The second-order valence-electron chi connectivity index (χ2n) is 3.38. The number of nitrogen functional groups attached to an aromatic ring is 1. The van der Waals surface area contributed by atoms with Crippen LogP contribution in [0.4, 0.5) is 5.82 Å². The average molecular weight is 199 g/mol. The lowest BCUT2D eigenvalue weighted by Gasteiger charge is -2.04. The molecule has 0 fully saturated rings. The number of nitrogens with zero attached hydrogens (tertiary/aromatic N) is 4. The van der Waals surface area contributed by atoms with Gasteiger partial charge in [0.05, 0.1) is 5.39 Å². The first-order chi connectivity index (χ1) is 7.25. The van der Waals surface area contributed by atoms with Crippen LogP contribution in [0.5, 0.6) is 0 Å². The van der Waals surface area contributed by atoms with Crippen molar-refractivity contribution < 1.29 is 0 Å². The molecule has 0 amide bonds. The highest BCUT2D eigenvalue weighted by molar-refractivity contribution is 5.87. The predicted molar refractivity (Wildman–Crippen MR) is 57.4 cm³/mol. The molecule has 0 aliphatic rings. The summed E-state index contributed by atoms with van der Waals surface area (Å²) in [5.41, 5.74) is 7.49. The Balaban J connectivity index is 2.61. The highest BCUT2D eigenvalue weighted by atomic mass is 15.1. The van der Waals surface area contributed by atoms with Crippen LogP contribution in [0.25, 0.3) is 16.7 Å². The summed E-state index contributed by atoms with van der Waals surface area (Å²) in [5, 5.41) is 0.853. The van der Waals surface area contributed by atoms with Gasteiger partial charge in [0.25, 0.3) is 0 Å². The van der Waals surface area contributed by atoms with Crippen molar-refractivity contribution in [1.82, 2.24) is 19.4 Å². The molecule has 0 aromatic carbocycles. The van der Waals surface area contributed by atoms with Crippen molar-refractivity contribution in [3.8, 4) is 0 Å². The molecule has 3 heterocycles. The van der Waals surface area contributed by atoms with Crippen molar-refractivity contribution in [3.63, 3.8) is 0 Å². The second kappa shape index (κ2) is 2.66.